The van der Waals surface area contributed by atoms with Gasteiger partial charge >= 0.3 is 0 Å². The molecule has 0 saturated carbocycles. The van der Waals surface area contributed by atoms with E-state index in [2.05, 4.69) is 444 Å². The van der Waals surface area contributed by atoms with E-state index in [9.17, 15) is 0 Å². The smallest absolute Gasteiger partial charge is 0.143 e. The molecule has 22 rings (SSSR count). The van der Waals surface area contributed by atoms with Gasteiger partial charge in [-0.15, -0.1) is 11.3 Å². The molecule has 4 aromatic heterocycles. The molecule has 536 valence electrons. The van der Waals surface area contributed by atoms with Crippen molar-refractivity contribution in [2.45, 2.75) is 0 Å². The predicted octanol–water partition coefficient (Wildman–Crippen LogP) is 30.8. The molecule has 0 spiro atoms. The molecule has 18 aromatic carbocycles. The summed E-state index contributed by atoms with van der Waals surface area (Å²) < 4.78 is 13.9. The molecule has 0 unspecified atom stereocenters. The summed E-state index contributed by atoms with van der Waals surface area (Å²) >= 11 is 1.88. The number of benzene rings is 18. The van der Waals surface area contributed by atoms with E-state index in [0.29, 0.717) is 0 Å². The molecule has 6 heteroatoms. The van der Waals surface area contributed by atoms with Crippen molar-refractivity contribution in [3.8, 4) is 78.1 Å². The fourth-order valence-electron chi connectivity index (χ4n) is 17.0. The summed E-state index contributed by atoms with van der Waals surface area (Å²) in [5, 5.41) is 9.73. The van der Waals surface area contributed by atoms with Gasteiger partial charge in [-0.2, -0.15) is 0 Å². The maximum absolute atomic E-state index is 6.45. The van der Waals surface area contributed by atoms with Crippen molar-refractivity contribution in [2.24, 2.45) is 0 Å². The average molecular weight is 1470 g/mol. The number of furan rings is 1. The first kappa shape index (κ1) is 67.3. The van der Waals surface area contributed by atoms with Gasteiger partial charge in [0.2, 0.25) is 0 Å². The van der Waals surface area contributed by atoms with Crippen molar-refractivity contribution in [1.82, 2.24) is 9.13 Å². The quantitative estimate of drug-likeness (QED) is 0.109. The van der Waals surface area contributed by atoms with E-state index in [1.807, 2.05) is 23.5 Å². The maximum Gasteiger partial charge on any atom is 0.143 e. The number of nitrogens with zero attached hydrogens (tertiary/aromatic N) is 4. The normalized spacial score (nSPS) is 11.5. The third-order valence-corrected chi connectivity index (χ3v) is 23.7. The monoisotopic (exact) mass is 1470 g/mol. The summed E-state index contributed by atoms with van der Waals surface area (Å²) in [4.78, 5) is 4.83. The third-order valence-electron chi connectivity index (χ3n) is 22.4. The second-order valence-corrected chi connectivity index (χ2v) is 30.1. The molecular weight excluding hydrogens is 1400 g/mol. The number of thiophene rings is 1. The van der Waals surface area contributed by atoms with Crippen LogP contribution in [0.5, 0.6) is 0 Å². The summed E-state index contributed by atoms with van der Waals surface area (Å²) in [6, 6.07) is 157. The van der Waals surface area contributed by atoms with Crippen molar-refractivity contribution < 1.29 is 4.42 Å². The van der Waals surface area contributed by atoms with Crippen LogP contribution in [0.3, 0.4) is 0 Å². The molecule has 0 aliphatic carbocycles. The summed E-state index contributed by atoms with van der Waals surface area (Å²) in [6.07, 6.45) is 0. The third kappa shape index (κ3) is 12.0. The molecule has 0 atom stereocenters. The summed E-state index contributed by atoms with van der Waals surface area (Å²) in [6.45, 7) is 0. The Bertz CT molecular complexity index is 6830. The Balaban J connectivity index is 0.000000143. The van der Waals surface area contributed by atoms with Crippen LogP contribution in [0.1, 0.15) is 0 Å². The van der Waals surface area contributed by atoms with Crippen molar-refractivity contribution >= 4 is 131 Å². The molecule has 0 radical (unpaired) electrons. The second-order valence-electron chi connectivity index (χ2n) is 29.0. The van der Waals surface area contributed by atoms with Gasteiger partial charge in [0.15, 0.2) is 0 Å². The Hall–Kier alpha value is -14.8. The lowest BCUT2D eigenvalue weighted by Gasteiger charge is -2.27. The van der Waals surface area contributed by atoms with E-state index in [1.54, 1.807) is 0 Å². The number of hydrogen-bond acceptors (Lipinski definition) is 4. The first-order valence-corrected chi connectivity index (χ1v) is 39.7. The number of para-hydroxylation sites is 4. The van der Waals surface area contributed by atoms with Gasteiger partial charge in [-0.1, -0.05) is 315 Å². The molecule has 5 nitrogen and oxygen atoms in total. The summed E-state index contributed by atoms with van der Waals surface area (Å²) in [5.41, 5.74) is 29.6. The van der Waals surface area contributed by atoms with Gasteiger partial charge in [0.05, 0.1) is 33.4 Å². The van der Waals surface area contributed by atoms with Gasteiger partial charge < -0.3 is 23.4 Å². The Morgan fingerprint density at radius 3 is 0.974 bits per heavy atom. The zero-order valence-electron chi connectivity index (χ0n) is 62.2. The molecule has 0 saturated heterocycles. The van der Waals surface area contributed by atoms with E-state index in [0.717, 1.165) is 84.1 Å². The minimum absolute atomic E-state index is 0.904. The van der Waals surface area contributed by atoms with Crippen molar-refractivity contribution in [1.29, 1.82) is 0 Å². The van der Waals surface area contributed by atoms with E-state index >= 15 is 0 Å². The fraction of sp³-hybridized carbons (Fsp3) is 0. The standard InChI is InChI=1S/C54H36N2O.C54H36N2S/c2*1-3-13-37(14-4-1)39-25-31-42(32-26-39)55(43-35-29-41(30-36-43)45-19-11-20-47-46-17-8-10-24-52(46)57-54(45)47)50-22-12-23-51-53(50)48-18-7-9-21-49(48)56(51)44-33-27-40(28-34-44)38-15-5-2-6-16-38/h2*1-36H. The highest BCUT2D eigenvalue weighted by atomic mass is 32.1. The Morgan fingerprint density at radius 1 is 0.211 bits per heavy atom. The number of anilines is 6. The first-order valence-electron chi connectivity index (χ1n) is 38.9. The highest BCUT2D eigenvalue weighted by Gasteiger charge is 2.25. The number of hydrogen-bond donors (Lipinski definition) is 0. The van der Waals surface area contributed by atoms with Gasteiger partial charge in [-0.3, -0.25) is 0 Å². The molecule has 4 heterocycles. The molecule has 114 heavy (non-hydrogen) atoms. The number of aromatic nitrogens is 2. The highest BCUT2D eigenvalue weighted by molar-refractivity contribution is 7.26. The van der Waals surface area contributed by atoms with Gasteiger partial charge in [0.1, 0.15) is 11.2 Å². The van der Waals surface area contributed by atoms with Gasteiger partial charge in [0, 0.05) is 92.2 Å². The van der Waals surface area contributed by atoms with Crippen molar-refractivity contribution in [2.75, 3.05) is 9.80 Å². The van der Waals surface area contributed by atoms with Crippen LogP contribution in [0.4, 0.5) is 34.1 Å². The molecule has 0 aliphatic rings. The van der Waals surface area contributed by atoms with Crippen LogP contribution in [-0.4, -0.2) is 9.13 Å². The Morgan fingerprint density at radius 2 is 0.526 bits per heavy atom. The topological polar surface area (TPSA) is 29.5 Å². The molecule has 0 amide bonds. The summed E-state index contributed by atoms with van der Waals surface area (Å²) in [7, 11) is 0. The van der Waals surface area contributed by atoms with Crippen molar-refractivity contribution in [3.05, 3.63) is 437 Å². The molecule has 0 fully saturated rings. The average Bonchev–Trinajstić information content (AvgIpc) is 1.59. The molecular formula is C108H72N4OS. The van der Waals surface area contributed by atoms with Gasteiger partial charge in [0.25, 0.3) is 0 Å². The lowest BCUT2D eigenvalue weighted by molar-refractivity contribution is 0.670. The molecule has 0 bridgehead atoms. The zero-order valence-corrected chi connectivity index (χ0v) is 63.0. The largest absolute Gasteiger partial charge is 0.455 e. The van der Waals surface area contributed by atoms with Gasteiger partial charge in [-0.25, -0.2) is 0 Å². The van der Waals surface area contributed by atoms with Crippen LogP contribution < -0.4 is 9.80 Å². The highest BCUT2D eigenvalue weighted by Crippen LogP contribution is 2.49. The number of rotatable bonds is 14. The minimum atomic E-state index is 0.904. The van der Waals surface area contributed by atoms with E-state index in [1.165, 1.54) is 114 Å². The lowest BCUT2D eigenvalue weighted by Crippen LogP contribution is -2.10. The first-order chi connectivity index (χ1) is 56.6. The lowest BCUT2D eigenvalue weighted by atomic mass is 10.0. The number of fused-ring (bicyclic) bond motifs is 12. The molecule has 0 aliphatic heterocycles. The van der Waals surface area contributed by atoms with Gasteiger partial charge in [-0.05, 0) is 183 Å². The van der Waals surface area contributed by atoms with Crippen LogP contribution in [0.2, 0.25) is 0 Å². The molecule has 0 N–H and O–H groups in total. The van der Waals surface area contributed by atoms with Crippen molar-refractivity contribution in [3.63, 3.8) is 0 Å². The Kier molecular flexibility index (Phi) is 17.1. The molecule has 22 aromatic rings. The van der Waals surface area contributed by atoms with E-state index < -0.39 is 0 Å². The van der Waals surface area contributed by atoms with Crippen LogP contribution in [0.15, 0.2) is 441 Å². The van der Waals surface area contributed by atoms with Crippen LogP contribution in [0, 0.1) is 0 Å². The van der Waals surface area contributed by atoms with Crippen LogP contribution in [0.25, 0.3) is 164 Å². The fourth-order valence-corrected chi connectivity index (χ4v) is 18.3. The summed E-state index contributed by atoms with van der Waals surface area (Å²) in [5.74, 6) is 0. The predicted molar refractivity (Wildman–Crippen MR) is 484 cm³/mol. The van der Waals surface area contributed by atoms with Crippen LogP contribution in [-0.2, 0) is 0 Å². The SMILES string of the molecule is c1ccc(-c2ccc(N(c3ccc(-c4cccc5c4oc4ccccc45)cc3)c3cccc4c3c3ccccc3n4-c3ccc(-c4ccccc4)cc3)cc2)cc1.c1ccc(-c2ccc(N(c3ccc(-c4cccc5c4sc4ccccc45)cc3)c3cccc4c3c3ccccc3n4-c3ccc(-c4ccccc4)cc3)cc2)cc1. The van der Waals surface area contributed by atoms with E-state index in [4.69, 9.17) is 4.42 Å². The van der Waals surface area contributed by atoms with E-state index in [-0.39, 0.29) is 0 Å². The second kappa shape index (κ2) is 28.9. The minimum Gasteiger partial charge on any atom is -0.455 e. The Labute approximate surface area is 664 Å². The van der Waals surface area contributed by atoms with Crippen LogP contribution >= 0.6 is 11.3 Å². The zero-order chi connectivity index (χ0) is 75.4. The maximum atomic E-state index is 6.45.